The Morgan fingerprint density at radius 2 is 2.28 bits per heavy atom. The van der Waals surface area contributed by atoms with Crippen LogP contribution in [0.3, 0.4) is 0 Å². The van der Waals surface area contributed by atoms with Crippen molar-refractivity contribution in [2.24, 2.45) is 11.7 Å². The van der Waals surface area contributed by atoms with Crippen LogP contribution in [0.1, 0.15) is 13.8 Å². The minimum Gasteiger partial charge on any atom is -0.391 e. The highest BCUT2D eigenvalue weighted by Gasteiger charge is 2.29. The Kier molecular flexibility index (Phi) is 3.10. The fourth-order valence-corrected chi connectivity index (χ4v) is 2.01. The Bertz CT molecular complexity index is 500. The van der Waals surface area contributed by atoms with E-state index in [1.807, 2.05) is 23.3 Å². The van der Waals surface area contributed by atoms with Gasteiger partial charge in [-0.25, -0.2) is 0 Å². The second kappa shape index (κ2) is 4.56. The molecule has 3 N–H and O–H groups in total. The summed E-state index contributed by atoms with van der Waals surface area (Å²) in [6.45, 7) is 4.93. The third-order valence-corrected chi connectivity index (χ3v) is 2.73. The molecule has 0 bridgehead atoms. The van der Waals surface area contributed by atoms with Gasteiger partial charge in [-0.1, -0.05) is 13.8 Å². The van der Waals surface area contributed by atoms with Crippen LogP contribution in [0.2, 0.25) is 0 Å². The first kappa shape index (κ1) is 12.2. The van der Waals surface area contributed by atoms with Gasteiger partial charge in [0, 0.05) is 12.7 Å². The molecule has 0 aromatic rings. The Hall–Kier alpha value is -2.24. The Morgan fingerprint density at radius 1 is 1.56 bits per heavy atom. The lowest BCUT2D eigenvalue weighted by Crippen LogP contribution is -2.34. The predicted molar refractivity (Wildman–Crippen MR) is 68.2 cm³/mol. The quantitative estimate of drug-likeness (QED) is 0.580. The van der Waals surface area contributed by atoms with E-state index in [-0.39, 0.29) is 11.4 Å². The van der Waals surface area contributed by atoms with Crippen molar-refractivity contribution in [2.45, 2.75) is 13.8 Å². The zero-order chi connectivity index (χ0) is 13.3. The zero-order valence-electron chi connectivity index (χ0n) is 10.4. The maximum Gasteiger partial charge on any atom is 0.310 e. The summed E-state index contributed by atoms with van der Waals surface area (Å²) in [5, 5.41) is 13.8. The molecule has 2 heterocycles. The SMILES string of the molecule is CC(C)CN1C=CC=C2NC=C([N+](=O)[O-])C(N)=C21. The van der Waals surface area contributed by atoms with E-state index in [0.717, 1.165) is 12.2 Å². The number of hydrogen-bond acceptors (Lipinski definition) is 5. The Morgan fingerprint density at radius 3 is 2.89 bits per heavy atom. The molecule has 0 unspecified atom stereocenters. The standard InChI is InChI=1S/C12H16N4O2/c1-8(2)7-15-5-3-4-9-12(15)11(13)10(6-14-9)16(17)18/h3-6,8,14H,7,13H2,1-2H3. The first-order chi connectivity index (χ1) is 8.50. The summed E-state index contributed by atoms with van der Waals surface area (Å²) in [5.41, 5.74) is 7.50. The van der Waals surface area contributed by atoms with Crippen molar-refractivity contribution in [3.05, 3.63) is 57.5 Å². The highest BCUT2D eigenvalue weighted by Crippen LogP contribution is 2.27. The van der Waals surface area contributed by atoms with Gasteiger partial charge in [0.2, 0.25) is 0 Å². The second-order valence-corrected chi connectivity index (χ2v) is 4.66. The smallest absolute Gasteiger partial charge is 0.310 e. The van der Waals surface area contributed by atoms with E-state index in [1.54, 1.807) is 0 Å². The largest absolute Gasteiger partial charge is 0.391 e. The fraction of sp³-hybridized carbons (Fsp3) is 0.333. The number of nitrogens with zero attached hydrogens (tertiary/aromatic N) is 2. The average molecular weight is 248 g/mol. The number of dihydropyridines is 1. The van der Waals surface area contributed by atoms with Gasteiger partial charge in [0.1, 0.15) is 5.70 Å². The summed E-state index contributed by atoms with van der Waals surface area (Å²) in [4.78, 5) is 12.4. The Balaban J connectivity index is 2.41. The van der Waals surface area contributed by atoms with Gasteiger partial charge in [-0.15, -0.1) is 0 Å². The lowest BCUT2D eigenvalue weighted by molar-refractivity contribution is -0.421. The summed E-state index contributed by atoms with van der Waals surface area (Å²) in [5.74, 6) is 0.430. The molecule has 0 saturated heterocycles. The molecule has 0 spiro atoms. The Labute approximate surface area is 105 Å². The molecule has 0 saturated carbocycles. The predicted octanol–water partition coefficient (Wildman–Crippen LogP) is 1.25. The molecule has 6 heteroatoms. The summed E-state index contributed by atoms with van der Waals surface area (Å²) < 4.78 is 0. The van der Waals surface area contributed by atoms with Crippen LogP contribution < -0.4 is 11.1 Å². The van der Waals surface area contributed by atoms with Crippen LogP contribution in [-0.4, -0.2) is 16.4 Å². The number of fused-ring (bicyclic) bond motifs is 1. The van der Waals surface area contributed by atoms with Gasteiger partial charge in [0.15, 0.2) is 0 Å². The van der Waals surface area contributed by atoms with Crippen LogP contribution in [0.4, 0.5) is 0 Å². The first-order valence-corrected chi connectivity index (χ1v) is 5.77. The lowest BCUT2D eigenvalue weighted by atomic mass is 10.1. The van der Waals surface area contributed by atoms with E-state index in [0.29, 0.717) is 11.6 Å². The van der Waals surface area contributed by atoms with Gasteiger partial charge in [0.05, 0.1) is 22.5 Å². The third-order valence-electron chi connectivity index (χ3n) is 2.73. The molecule has 2 aliphatic heterocycles. The maximum absolute atomic E-state index is 10.9. The molecule has 2 rings (SSSR count). The van der Waals surface area contributed by atoms with Crippen molar-refractivity contribution < 1.29 is 4.92 Å². The number of nitro groups is 1. The summed E-state index contributed by atoms with van der Waals surface area (Å²) >= 11 is 0. The topological polar surface area (TPSA) is 84.4 Å². The lowest BCUT2D eigenvalue weighted by Gasteiger charge is -2.31. The van der Waals surface area contributed by atoms with Gasteiger partial charge < -0.3 is 16.0 Å². The van der Waals surface area contributed by atoms with Gasteiger partial charge in [0.25, 0.3) is 0 Å². The second-order valence-electron chi connectivity index (χ2n) is 4.66. The molecule has 18 heavy (non-hydrogen) atoms. The summed E-state index contributed by atoms with van der Waals surface area (Å²) in [6, 6.07) is 0. The van der Waals surface area contributed by atoms with Crippen molar-refractivity contribution >= 4 is 0 Å². The van der Waals surface area contributed by atoms with Crippen molar-refractivity contribution in [1.82, 2.24) is 10.2 Å². The molecule has 2 aliphatic rings. The van der Waals surface area contributed by atoms with Crippen LogP contribution in [0.25, 0.3) is 0 Å². The van der Waals surface area contributed by atoms with E-state index in [9.17, 15) is 10.1 Å². The van der Waals surface area contributed by atoms with Crippen LogP contribution in [0, 0.1) is 16.0 Å². The molecule has 0 aromatic carbocycles. The molecule has 96 valence electrons. The number of allylic oxidation sites excluding steroid dienone is 2. The van der Waals surface area contributed by atoms with E-state index in [1.165, 1.54) is 6.20 Å². The van der Waals surface area contributed by atoms with Crippen LogP contribution >= 0.6 is 0 Å². The van der Waals surface area contributed by atoms with E-state index >= 15 is 0 Å². The number of nitrogens with one attached hydrogen (secondary N) is 1. The van der Waals surface area contributed by atoms with E-state index in [2.05, 4.69) is 19.2 Å². The maximum atomic E-state index is 10.9. The number of rotatable bonds is 3. The first-order valence-electron chi connectivity index (χ1n) is 5.77. The minimum atomic E-state index is -0.474. The van der Waals surface area contributed by atoms with Gasteiger partial charge >= 0.3 is 5.70 Å². The number of hydrogen-bond donors (Lipinski definition) is 2. The van der Waals surface area contributed by atoms with Crippen molar-refractivity contribution in [1.29, 1.82) is 0 Å². The normalized spacial score (nSPS) is 18.3. The van der Waals surface area contributed by atoms with Gasteiger partial charge in [-0.3, -0.25) is 10.1 Å². The van der Waals surface area contributed by atoms with Crippen LogP contribution in [-0.2, 0) is 0 Å². The molecule has 0 atom stereocenters. The molecular formula is C12H16N4O2. The van der Waals surface area contributed by atoms with Crippen molar-refractivity contribution in [2.75, 3.05) is 6.54 Å². The van der Waals surface area contributed by atoms with E-state index < -0.39 is 4.92 Å². The summed E-state index contributed by atoms with van der Waals surface area (Å²) in [6.07, 6.45) is 6.96. The zero-order valence-corrected chi connectivity index (χ0v) is 10.4. The van der Waals surface area contributed by atoms with Crippen molar-refractivity contribution in [3.63, 3.8) is 0 Å². The van der Waals surface area contributed by atoms with Gasteiger partial charge in [-0.05, 0) is 18.1 Å². The molecule has 0 aromatic heterocycles. The van der Waals surface area contributed by atoms with Crippen LogP contribution in [0.15, 0.2) is 47.3 Å². The number of nitrogens with two attached hydrogens (primary N) is 1. The third kappa shape index (κ3) is 2.09. The van der Waals surface area contributed by atoms with Crippen LogP contribution in [0.5, 0.6) is 0 Å². The monoisotopic (exact) mass is 248 g/mol. The summed E-state index contributed by atoms with van der Waals surface area (Å²) in [7, 11) is 0. The molecule has 0 amide bonds. The van der Waals surface area contributed by atoms with Crippen molar-refractivity contribution in [3.8, 4) is 0 Å². The van der Waals surface area contributed by atoms with E-state index in [4.69, 9.17) is 5.73 Å². The molecule has 0 aliphatic carbocycles. The highest BCUT2D eigenvalue weighted by molar-refractivity contribution is 5.47. The highest BCUT2D eigenvalue weighted by atomic mass is 16.6. The molecule has 0 radical (unpaired) electrons. The minimum absolute atomic E-state index is 0.0915. The molecular weight excluding hydrogens is 232 g/mol. The fourth-order valence-electron chi connectivity index (χ4n) is 2.01. The van der Waals surface area contributed by atoms with Gasteiger partial charge in [-0.2, -0.15) is 0 Å². The average Bonchev–Trinajstić information content (AvgIpc) is 2.28. The molecule has 0 fully saturated rings. The molecule has 6 nitrogen and oxygen atoms in total.